The van der Waals surface area contributed by atoms with Crippen LogP contribution in [0.3, 0.4) is 0 Å². The number of ether oxygens (including phenoxy) is 1. The quantitative estimate of drug-likeness (QED) is 0.324. The number of rotatable bonds is 8. The van der Waals surface area contributed by atoms with Crippen LogP contribution in [0.15, 0.2) is 64.1 Å². The summed E-state index contributed by atoms with van der Waals surface area (Å²) in [6, 6.07) is 9.09. The van der Waals surface area contributed by atoms with Gasteiger partial charge < -0.3 is 14.5 Å². The van der Waals surface area contributed by atoms with Gasteiger partial charge in [-0.15, -0.1) is 0 Å². The summed E-state index contributed by atoms with van der Waals surface area (Å²) >= 11 is 5.00. The predicted octanol–water partition coefficient (Wildman–Crippen LogP) is 1.69. The van der Waals surface area contributed by atoms with E-state index in [9.17, 15) is 18.0 Å². The van der Waals surface area contributed by atoms with E-state index < -0.39 is 21.9 Å². The molecule has 0 radical (unpaired) electrons. The molecule has 9 nitrogen and oxygen atoms in total. The van der Waals surface area contributed by atoms with E-state index >= 15 is 0 Å². The first-order valence-corrected chi connectivity index (χ1v) is 10.3. The number of carbonyl (C=O) groups excluding carboxylic acids is 2. The highest BCUT2D eigenvalue weighted by atomic mass is 32.2. The number of sulfonamides is 1. The van der Waals surface area contributed by atoms with Crippen LogP contribution in [0.1, 0.15) is 12.7 Å². The molecule has 0 fully saturated rings. The number of nitrogens with one attached hydrogen (secondary N) is 3. The van der Waals surface area contributed by atoms with Crippen molar-refractivity contribution in [3.05, 3.63) is 60.6 Å². The summed E-state index contributed by atoms with van der Waals surface area (Å²) in [7, 11) is -3.71. The third-order valence-corrected chi connectivity index (χ3v) is 4.95. The first-order chi connectivity index (χ1) is 13.8. The molecule has 1 amide bonds. The van der Waals surface area contributed by atoms with Gasteiger partial charge in [0.05, 0.1) is 24.3 Å². The van der Waals surface area contributed by atoms with Gasteiger partial charge in [0, 0.05) is 17.8 Å². The standard InChI is InChI=1S/C18H19N3O6S2/c1-2-26-17(23)10-9-16(22)21-18(28)20-13-5-7-15(8-6-13)29(24,25)19-12-14-4-3-11-27-14/h3-11,19H,2,12H2,1H3,(H2,20,21,22,28)/b10-9+. The van der Waals surface area contributed by atoms with Gasteiger partial charge >= 0.3 is 5.97 Å². The maximum atomic E-state index is 12.3. The number of thiocarbonyl (C=S) groups is 1. The summed E-state index contributed by atoms with van der Waals surface area (Å²) in [6.07, 6.45) is 3.43. The molecule has 154 valence electrons. The van der Waals surface area contributed by atoms with E-state index in [-0.39, 0.29) is 23.2 Å². The number of furan rings is 1. The van der Waals surface area contributed by atoms with Gasteiger partial charge in [-0.25, -0.2) is 17.9 Å². The van der Waals surface area contributed by atoms with Crippen LogP contribution in [0.4, 0.5) is 5.69 Å². The zero-order chi connectivity index (χ0) is 21.3. The van der Waals surface area contributed by atoms with Gasteiger partial charge in [0.2, 0.25) is 15.9 Å². The van der Waals surface area contributed by atoms with Crippen LogP contribution >= 0.6 is 12.2 Å². The predicted molar refractivity (Wildman–Crippen MR) is 109 cm³/mol. The molecule has 0 aliphatic heterocycles. The summed E-state index contributed by atoms with van der Waals surface area (Å²) in [5, 5.41) is 5.07. The molecule has 2 aromatic rings. The minimum atomic E-state index is -3.71. The maximum Gasteiger partial charge on any atom is 0.330 e. The van der Waals surface area contributed by atoms with Crippen molar-refractivity contribution in [3.63, 3.8) is 0 Å². The third-order valence-electron chi connectivity index (χ3n) is 3.33. The molecule has 2 rings (SSSR count). The highest BCUT2D eigenvalue weighted by Crippen LogP contribution is 2.14. The van der Waals surface area contributed by atoms with Gasteiger partial charge in [-0.05, 0) is 55.5 Å². The van der Waals surface area contributed by atoms with Crippen LogP contribution in [-0.4, -0.2) is 32.0 Å². The molecule has 0 spiro atoms. The Morgan fingerprint density at radius 2 is 1.90 bits per heavy atom. The third kappa shape index (κ3) is 7.49. The van der Waals surface area contributed by atoms with E-state index in [2.05, 4.69) is 20.1 Å². The molecule has 1 aromatic carbocycles. The van der Waals surface area contributed by atoms with Crippen molar-refractivity contribution in [1.29, 1.82) is 0 Å². The van der Waals surface area contributed by atoms with E-state index in [4.69, 9.17) is 16.6 Å². The summed E-state index contributed by atoms with van der Waals surface area (Å²) in [4.78, 5) is 22.9. The van der Waals surface area contributed by atoms with Crippen molar-refractivity contribution in [2.24, 2.45) is 0 Å². The lowest BCUT2D eigenvalue weighted by Crippen LogP contribution is -2.33. The van der Waals surface area contributed by atoms with E-state index in [1.54, 1.807) is 19.1 Å². The van der Waals surface area contributed by atoms with Crippen molar-refractivity contribution in [2.75, 3.05) is 11.9 Å². The number of carbonyl (C=O) groups is 2. The van der Waals surface area contributed by atoms with Crippen molar-refractivity contribution in [1.82, 2.24) is 10.0 Å². The Kier molecular flexibility index (Phi) is 8.07. The Labute approximate surface area is 173 Å². The second-order valence-electron chi connectivity index (χ2n) is 5.46. The summed E-state index contributed by atoms with van der Waals surface area (Å²) in [6.45, 7) is 1.89. The van der Waals surface area contributed by atoms with Gasteiger partial charge in [0.1, 0.15) is 5.76 Å². The second-order valence-corrected chi connectivity index (χ2v) is 7.63. The van der Waals surface area contributed by atoms with Crippen LogP contribution in [0.25, 0.3) is 0 Å². The Morgan fingerprint density at radius 3 is 2.52 bits per heavy atom. The minimum absolute atomic E-state index is 0.0185. The van der Waals surface area contributed by atoms with E-state index in [0.717, 1.165) is 12.2 Å². The van der Waals surface area contributed by atoms with Crippen molar-refractivity contribution in [2.45, 2.75) is 18.4 Å². The summed E-state index contributed by atoms with van der Waals surface area (Å²) < 4.78 is 36.7. The normalized spacial score (nSPS) is 11.2. The number of hydrogen-bond donors (Lipinski definition) is 3. The van der Waals surface area contributed by atoms with Gasteiger partial charge in [0.25, 0.3) is 0 Å². The molecular weight excluding hydrogens is 418 g/mol. The number of amides is 1. The fourth-order valence-corrected chi connectivity index (χ4v) is 3.24. The van der Waals surface area contributed by atoms with Gasteiger partial charge in [0.15, 0.2) is 5.11 Å². The van der Waals surface area contributed by atoms with Crippen LogP contribution in [-0.2, 0) is 30.9 Å². The minimum Gasteiger partial charge on any atom is -0.468 e. The number of benzene rings is 1. The lowest BCUT2D eigenvalue weighted by atomic mass is 10.3. The average molecular weight is 437 g/mol. The Bertz CT molecular complexity index is 983. The van der Waals surface area contributed by atoms with Crippen molar-refractivity contribution >= 4 is 44.9 Å². The van der Waals surface area contributed by atoms with E-state index in [1.165, 1.54) is 30.5 Å². The molecule has 1 aromatic heterocycles. The van der Waals surface area contributed by atoms with Crippen LogP contribution in [0.5, 0.6) is 0 Å². The van der Waals surface area contributed by atoms with Crippen LogP contribution < -0.4 is 15.4 Å². The van der Waals surface area contributed by atoms with E-state index in [0.29, 0.717) is 11.4 Å². The lowest BCUT2D eigenvalue weighted by molar-refractivity contribution is -0.137. The SMILES string of the molecule is CCOC(=O)/C=C/C(=O)NC(=S)Nc1ccc(S(=O)(=O)NCc2ccco2)cc1. The molecule has 0 aliphatic rings. The van der Waals surface area contributed by atoms with Crippen molar-refractivity contribution < 1.29 is 27.2 Å². The lowest BCUT2D eigenvalue weighted by Gasteiger charge is -2.10. The topological polar surface area (TPSA) is 127 Å². The monoisotopic (exact) mass is 437 g/mol. The number of anilines is 1. The molecule has 0 saturated carbocycles. The van der Waals surface area contributed by atoms with Crippen LogP contribution in [0.2, 0.25) is 0 Å². The van der Waals surface area contributed by atoms with E-state index in [1.807, 2.05) is 0 Å². The van der Waals surface area contributed by atoms with Gasteiger partial charge in [-0.2, -0.15) is 0 Å². The maximum absolute atomic E-state index is 12.3. The summed E-state index contributed by atoms with van der Waals surface area (Å²) in [5.41, 5.74) is 0.467. The highest BCUT2D eigenvalue weighted by molar-refractivity contribution is 7.89. The largest absolute Gasteiger partial charge is 0.468 e. The molecule has 11 heteroatoms. The molecular formula is C18H19N3O6S2. The van der Waals surface area contributed by atoms with Gasteiger partial charge in [-0.1, -0.05) is 0 Å². The zero-order valence-corrected chi connectivity index (χ0v) is 17.0. The molecule has 0 aliphatic carbocycles. The molecule has 0 bridgehead atoms. The first-order valence-electron chi connectivity index (χ1n) is 8.39. The fraction of sp³-hybridized carbons (Fsp3) is 0.167. The zero-order valence-electron chi connectivity index (χ0n) is 15.4. The smallest absolute Gasteiger partial charge is 0.330 e. The van der Waals surface area contributed by atoms with Gasteiger partial charge in [-0.3, -0.25) is 10.1 Å². The molecule has 0 atom stereocenters. The van der Waals surface area contributed by atoms with Crippen molar-refractivity contribution in [3.8, 4) is 0 Å². The molecule has 3 N–H and O–H groups in total. The van der Waals surface area contributed by atoms with Crippen LogP contribution in [0, 0.1) is 0 Å². The molecule has 29 heavy (non-hydrogen) atoms. The first kappa shape index (κ1) is 22.3. The second kappa shape index (κ2) is 10.5. The number of esters is 1. The Balaban J connectivity index is 1.88. The number of hydrogen-bond acceptors (Lipinski definition) is 7. The summed E-state index contributed by atoms with van der Waals surface area (Å²) in [5.74, 6) is -0.763. The molecule has 1 heterocycles. The fourth-order valence-electron chi connectivity index (χ4n) is 2.03. The average Bonchev–Trinajstić information content (AvgIpc) is 3.19. The highest BCUT2D eigenvalue weighted by Gasteiger charge is 2.14. The Morgan fingerprint density at radius 1 is 1.17 bits per heavy atom. The molecule has 0 saturated heterocycles. The Hall–Kier alpha value is -3.02. The molecule has 0 unspecified atom stereocenters.